The Labute approximate surface area is 141 Å². The van der Waals surface area contributed by atoms with Crippen LogP contribution in [0.2, 0.25) is 0 Å². The van der Waals surface area contributed by atoms with E-state index in [1.165, 1.54) is 5.56 Å². The average Bonchev–Trinajstić information content (AvgIpc) is 2.96. The molecule has 124 valence electrons. The largest absolute Gasteiger partial charge is 0.476 e. The number of fused-ring (bicyclic) bond motifs is 1. The first-order chi connectivity index (χ1) is 11.7. The molecular formula is C19H21N3O2. The van der Waals surface area contributed by atoms with Gasteiger partial charge in [0, 0.05) is 30.1 Å². The van der Waals surface area contributed by atoms with Crippen LogP contribution in [0.15, 0.2) is 30.3 Å². The molecule has 0 bridgehead atoms. The third-order valence-electron chi connectivity index (χ3n) is 4.69. The molecule has 0 aliphatic heterocycles. The maximum Gasteiger partial charge on any atom is 0.356 e. The number of nitrogens with zero attached hydrogens (tertiary/aromatic N) is 3. The number of benzene rings is 1. The van der Waals surface area contributed by atoms with Crippen LogP contribution in [0.4, 0.5) is 0 Å². The van der Waals surface area contributed by atoms with E-state index >= 15 is 0 Å². The molecule has 1 heterocycles. The highest BCUT2D eigenvalue weighted by atomic mass is 16.4. The molecule has 0 amide bonds. The predicted molar refractivity (Wildman–Crippen MR) is 89.9 cm³/mol. The van der Waals surface area contributed by atoms with E-state index in [9.17, 15) is 9.90 Å². The fraction of sp³-hybridized carbons (Fsp3) is 0.421. The lowest BCUT2D eigenvalue weighted by Crippen LogP contribution is -2.14. The number of carbonyl (C=O) groups is 1. The average molecular weight is 323 g/mol. The van der Waals surface area contributed by atoms with Crippen LogP contribution in [0.1, 0.15) is 58.9 Å². The number of aryl methyl sites for hydroxylation is 2. The van der Waals surface area contributed by atoms with E-state index in [0.717, 1.165) is 43.4 Å². The zero-order valence-electron chi connectivity index (χ0n) is 13.6. The lowest BCUT2D eigenvalue weighted by molar-refractivity contribution is 0.0687. The molecular weight excluding hydrogens is 302 g/mol. The Bertz CT molecular complexity index is 759. The summed E-state index contributed by atoms with van der Waals surface area (Å²) in [7, 11) is 0. The van der Waals surface area contributed by atoms with Gasteiger partial charge < -0.3 is 5.11 Å². The van der Waals surface area contributed by atoms with Crippen LogP contribution in [0.25, 0.3) is 0 Å². The van der Waals surface area contributed by atoms with Crippen LogP contribution >= 0.6 is 0 Å². The Hall–Kier alpha value is -2.61. The summed E-state index contributed by atoms with van der Waals surface area (Å²) >= 11 is 0. The van der Waals surface area contributed by atoms with Gasteiger partial charge in [-0.1, -0.05) is 30.3 Å². The second kappa shape index (κ2) is 7.31. The van der Waals surface area contributed by atoms with Crippen molar-refractivity contribution in [3.05, 3.63) is 52.8 Å². The maximum absolute atomic E-state index is 11.6. The highest BCUT2D eigenvalue weighted by Gasteiger charge is 2.31. The molecule has 2 aromatic rings. The quantitative estimate of drug-likeness (QED) is 0.881. The monoisotopic (exact) mass is 323 g/mol. The molecule has 0 saturated carbocycles. The molecule has 1 aromatic heterocycles. The lowest BCUT2D eigenvalue weighted by Gasteiger charge is -2.21. The van der Waals surface area contributed by atoms with E-state index in [1.807, 2.05) is 22.9 Å². The molecule has 1 atom stereocenters. The Morgan fingerprint density at radius 1 is 1.38 bits per heavy atom. The maximum atomic E-state index is 11.6. The van der Waals surface area contributed by atoms with Gasteiger partial charge in [-0.25, -0.2) is 4.79 Å². The zero-order chi connectivity index (χ0) is 16.9. The Kier molecular flexibility index (Phi) is 4.95. The molecule has 0 spiro atoms. The van der Waals surface area contributed by atoms with Crippen LogP contribution in [0.5, 0.6) is 0 Å². The molecule has 0 radical (unpaired) electrons. The fourth-order valence-corrected chi connectivity index (χ4v) is 3.60. The first-order valence-electron chi connectivity index (χ1n) is 8.44. The van der Waals surface area contributed by atoms with Crippen LogP contribution < -0.4 is 0 Å². The van der Waals surface area contributed by atoms with E-state index in [0.29, 0.717) is 13.0 Å². The second-order valence-corrected chi connectivity index (χ2v) is 6.28. The molecule has 5 heteroatoms. The van der Waals surface area contributed by atoms with Crippen molar-refractivity contribution in [2.24, 2.45) is 0 Å². The summed E-state index contributed by atoms with van der Waals surface area (Å²) in [4.78, 5) is 11.6. The zero-order valence-corrected chi connectivity index (χ0v) is 13.6. The molecule has 1 aliphatic rings. The van der Waals surface area contributed by atoms with Gasteiger partial charge in [0.2, 0.25) is 0 Å². The van der Waals surface area contributed by atoms with Crippen molar-refractivity contribution in [3.8, 4) is 6.07 Å². The van der Waals surface area contributed by atoms with Crippen molar-refractivity contribution >= 4 is 5.97 Å². The number of aromatic nitrogens is 2. The number of aromatic carboxylic acids is 1. The molecule has 1 unspecified atom stereocenters. The second-order valence-electron chi connectivity index (χ2n) is 6.28. The third kappa shape index (κ3) is 3.33. The van der Waals surface area contributed by atoms with Crippen molar-refractivity contribution in [1.82, 2.24) is 9.78 Å². The van der Waals surface area contributed by atoms with E-state index in [-0.39, 0.29) is 11.6 Å². The number of hydrogen-bond donors (Lipinski definition) is 1. The first-order valence-corrected chi connectivity index (χ1v) is 8.44. The van der Waals surface area contributed by atoms with Crippen molar-refractivity contribution in [1.29, 1.82) is 5.26 Å². The van der Waals surface area contributed by atoms with Gasteiger partial charge in [0.15, 0.2) is 5.69 Å². The number of carboxylic acid groups (broad SMARTS) is 1. The van der Waals surface area contributed by atoms with Gasteiger partial charge in [0.05, 0.1) is 6.07 Å². The lowest BCUT2D eigenvalue weighted by atomic mass is 9.83. The molecule has 0 saturated heterocycles. The smallest absolute Gasteiger partial charge is 0.356 e. The van der Waals surface area contributed by atoms with E-state index in [4.69, 9.17) is 5.26 Å². The summed E-state index contributed by atoms with van der Waals surface area (Å²) in [5.41, 5.74) is 3.24. The van der Waals surface area contributed by atoms with E-state index < -0.39 is 5.97 Å². The van der Waals surface area contributed by atoms with Gasteiger partial charge in [-0.15, -0.1) is 0 Å². The molecule has 1 N–H and O–H groups in total. The normalized spacial score (nSPS) is 16.4. The van der Waals surface area contributed by atoms with Crippen LogP contribution in [0, 0.1) is 11.3 Å². The Morgan fingerprint density at radius 2 is 2.17 bits per heavy atom. The van der Waals surface area contributed by atoms with Crippen LogP contribution in [-0.4, -0.2) is 20.9 Å². The van der Waals surface area contributed by atoms with Gasteiger partial charge in [0.1, 0.15) is 0 Å². The molecule has 5 nitrogen and oxygen atoms in total. The first kappa shape index (κ1) is 16.3. The summed E-state index contributed by atoms with van der Waals surface area (Å²) < 4.78 is 1.87. The summed E-state index contributed by atoms with van der Waals surface area (Å²) in [6.45, 7) is 0.712. The molecule has 1 aliphatic carbocycles. The summed E-state index contributed by atoms with van der Waals surface area (Å²) in [5, 5.41) is 22.9. The third-order valence-corrected chi connectivity index (χ3v) is 4.69. The Balaban J connectivity index is 1.80. The number of hydrogen-bond acceptors (Lipinski definition) is 3. The number of rotatable bonds is 6. The molecule has 24 heavy (non-hydrogen) atoms. The standard InChI is InChI=1S/C19H21N3O2/c20-12-11-15-9-4-10-16-17(15)18(19(23)24)21-22(16)13-5-8-14-6-2-1-3-7-14/h1-3,6-7,15H,4-5,8-11,13H2,(H,23,24). The number of carboxylic acids is 1. The highest BCUT2D eigenvalue weighted by Crippen LogP contribution is 2.36. The molecule has 3 rings (SSSR count). The van der Waals surface area contributed by atoms with E-state index in [1.54, 1.807) is 0 Å². The summed E-state index contributed by atoms with van der Waals surface area (Å²) in [5.74, 6) is -0.981. The summed E-state index contributed by atoms with van der Waals surface area (Å²) in [6, 6.07) is 12.4. The Morgan fingerprint density at radius 3 is 2.88 bits per heavy atom. The highest BCUT2D eigenvalue weighted by molar-refractivity contribution is 5.87. The molecule has 1 aromatic carbocycles. The van der Waals surface area contributed by atoms with Gasteiger partial charge in [-0.3, -0.25) is 4.68 Å². The minimum absolute atomic E-state index is 0.00715. The summed E-state index contributed by atoms with van der Waals surface area (Å²) in [6.07, 6.45) is 4.94. The predicted octanol–water partition coefficient (Wildman–Crippen LogP) is 3.55. The van der Waals surface area contributed by atoms with Gasteiger partial charge in [0.25, 0.3) is 0 Å². The molecule has 0 fully saturated rings. The SMILES string of the molecule is N#CCC1CCCc2c1c(C(=O)O)nn2CCCc1ccccc1. The minimum Gasteiger partial charge on any atom is -0.476 e. The van der Waals surface area contributed by atoms with Gasteiger partial charge in [-0.05, 0) is 37.7 Å². The van der Waals surface area contributed by atoms with Gasteiger partial charge >= 0.3 is 5.97 Å². The topological polar surface area (TPSA) is 78.9 Å². The van der Waals surface area contributed by atoms with Crippen molar-refractivity contribution in [2.75, 3.05) is 0 Å². The van der Waals surface area contributed by atoms with Crippen molar-refractivity contribution in [2.45, 2.75) is 51.0 Å². The van der Waals surface area contributed by atoms with Crippen LogP contribution in [-0.2, 0) is 19.4 Å². The number of nitriles is 1. The van der Waals surface area contributed by atoms with Crippen molar-refractivity contribution < 1.29 is 9.90 Å². The van der Waals surface area contributed by atoms with E-state index in [2.05, 4.69) is 23.3 Å². The van der Waals surface area contributed by atoms with Crippen LogP contribution in [0.3, 0.4) is 0 Å². The van der Waals surface area contributed by atoms with Crippen molar-refractivity contribution in [3.63, 3.8) is 0 Å². The van der Waals surface area contributed by atoms with Gasteiger partial charge in [-0.2, -0.15) is 10.4 Å². The fourth-order valence-electron chi connectivity index (χ4n) is 3.60. The minimum atomic E-state index is -0.988.